The van der Waals surface area contributed by atoms with Gasteiger partial charge in [-0.05, 0) is 42.0 Å². The van der Waals surface area contributed by atoms with Crippen molar-refractivity contribution in [3.8, 4) is 11.1 Å². The van der Waals surface area contributed by atoms with Crippen molar-refractivity contribution in [3.05, 3.63) is 59.7 Å². The lowest BCUT2D eigenvalue weighted by molar-refractivity contribution is -0.207. The van der Waals surface area contributed by atoms with E-state index in [4.69, 9.17) is 9.84 Å². The Morgan fingerprint density at radius 2 is 1.57 bits per heavy atom. The van der Waals surface area contributed by atoms with E-state index in [1.165, 1.54) is 0 Å². The number of carbonyl (C=O) groups excluding carboxylic acids is 2. The number of benzene rings is 2. The first-order valence-corrected chi connectivity index (χ1v) is 11.3. The molecule has 2 aliphatic carbocycles. The number of rotatable bonds is 6. The SMILES string of the molecule is CC(NC(=O)[C@H]1CCC[C@H]1NC(=O)OCC1c2ccccc2-c2ccccc21)(C(=O)O)C(F)(F)F. The number of alkyl halides is 3. The predicted molar refractivity (Wildman–Crippen MR) is 120 cm³/mol. The summed E-state index contributed by atoms with van der Waals surface area (Å²) in [6, 6.07) is 14.9. The molecule has 7 nitrogen and oxygen atoms in total. The van der Waals surface area contributed by atoms with Crippen LogP contribution in [0.5, 0.6) is 0 Å². The molecule has 0 bridgehead atoms. The molecule has 0 aromatic heterocycles. The number of nitrogens with one attached hydrogen (secondary N) is 2. The third-order valence-corrected chi connectivity index (χ3v) is 6.87. The van der Waals surface area contributed by atoms with Gasteiger partial charge in [-0.15, -0.1) is 0 Å². The van der Waals surface area contributed by atoms with Gasteiger partial charge in [-0.25, -0.2) is 9.59 Å². The summed E-state index contributed by atoms with van der Waals surface area (Å²) in [5.41, 5.74) is 0.757. The summed E-state index contributed by atoms with van der Waals surface area (Å²) in [5, 5.41) is 13.3. The molecule has 3 N–H and O–H groups in total. The summed E-state index contributed by atoms with van der Waals surface area (Å²) in [6.07, 6.45) is -4.91. The number of aliphatic carboxylic acids is 1. The Kier molecular flexibility index (Phi) is 6.48. The fraction of sp³-hybridized carbons (Fsp3) is 0.400. The number of alkyl carbamates (subject to hydrolysis) is 1. The molecule has 10 heteroatoms. The standard InChI is InChI=1S/C25H25F3N2O5/c1-24(22(32)33,25(26,27)28)30-21(31)18-11-6-12-20(18)29-23(34)35-13-19-16-9-4-2-7-14(16)15-8-3-5-10-17(15)19/h2-5,7-10,18-20H,6,11-13H2,1H3,(H,29,34)(H,30,31)(H,32,33)/t18-,20+,24?/m0/s1. The highest BCUT2D eigenvalue weighted by Crippen LogP contribution is 2.44. The minimum absolute atomic E-state index is 0.0502. The number of ether oxygens (including phenoxy) is 1. The molecule has 0 heterocycles. The normalized spacial score (nSPS) is 20.9. The topological polar surface area (TPSA) is 105 Å². The van der Waals surface area contributed by atoms with Crippen LogP contribution >= 0.6 is 0 Å². The molecule has 0 saturated heterocycles. The quantitative estimate of drug-likeness (QED) is 0.563. The zero-order valence-electron chi connectivity index (χ0n) is 18.9. The van der Waals surface area contributed by atoms with Crippen LogP contribution in [0.25, 0.3) is 11.1 Å². The van der Waals surface area contributed by atoms with Crippen molar-refractivity contribution in [1.29, 1.82) is 0 Å². The maximum atomic E-state index is 13.3. The van der Waals surface area contributed by atoms with Crippen LogP contribution in [0.1, 0.15) is 43.2 Å². The lowest BCUT2D eigenvalue weighted by Crippen LogP contribution is -2.63. The molecular formula is C25H25F3N2O5. The Morgan fingerprint density at radius 1 is 1.00 bits per heavy atom. The lowest BCUT2D eigenvalue weighted by atomic mass is 9.97. The van der Waals surface area contributed by atoms with Crippen LogP contribution in [-0.4, -0.2) is 47.4 Å². The van der Waals surface area contributed by atoms with Crippen molar-refractivity contribution < 1.29 is 37.4 Å². The monoisotopic (exact) mass is 490 g/mol. The first-order valence-electron chi connectivity index (χ1n) is 11.3. The number of carboxylic acid groups (broad SMARTS) is 1. The molecule has 2 aromatic rings. The minimum Gasteiger partial charge on any atom is -0.479 e. The van der Waals surface area contributed by atoms with Crippen LogP contribution in [0.15, 0.2) is 48.5 Å². The van der Waals surface area contributed by atoms with Gasteiger partial charge in [0, 0.05) is 12.0 Å². The molecular weight excluding hydrogens is 465 g/mol. The zero-order chi connectivity index (χ0) is 25.4. The van der Waals surface area contributed by atoms with Crippen molar-refractivity contribution >= 4 is 18.0 Å². The number of amides is 2. The molecule has 4 rings (SSSR count). The van der Waals surface area contributed by atoms with E-state index in [0.717, 1.165) is 22.3 Å². The maximum Gasteiger partial charge on any atom is 0.422 e. The molecule has 2 aliphatic rings. The van der Waals surface area contributed by atoms with Gasteiger partial charge >= 0.3 is 18.2 Å². The Morgan fingerprint density at radius 3 is 2.11 bits per heavy atom. The lowest BCUT2D eigenvalue weighted by Gasteiger charge is -2.31. The first kappa shape index (κ1) is 24.6. The Labute approximate surface area is 199 Å². The van der Waals surface area contributed by atoms with Gasteiger partial charge in [0.2, 0.25) is 11.4 Å². The van der Waals surface area contributed by atoms with E-state index in [9.17, 15) is 27.6 Å². The number of hydrogen-bond acceptors (Lipinski definition) is 4. The Balaban J connectivity index is 1.40. The molecule has 1 unspecified atom stereocenters. The molecule has 0 radical (unpaired) electrons. The highest BCUT2D eigenvalue weighted by atomic mass is 19.4. The van der Waals surface area contributed by atoms with Gasteiger partial charge in [-0.1, -0.05) is 55.0 Å². The van der Waals surface area contributed by atoms with E-state index in [1.54, 1.807) is 5.32 Å². The van der Waals surface area contributed by atoms with Crippen molar-refractivity contribution in [3.63, 3.8) is 0 Å². The highest BCUT2D eigenvalue weighted by molar-refractivity contribution is 5.89. The second-order valence-electron chi connectivity index (χ2n) is 9.03. The molecule has 2 amide bonds. The number of halogens is 3. The van der Waals surface area contributed by atoms with E-state index < -0.39 is 41.6 Å². The van der Waals surface area contributed by atoms with Crippen LogP contribution in [0.2, 0.25) is 0 Å². The molecule has 186 valence electrons. The van der Waals surface area contributed by atoms with Gasteiger partial charge in [0.05, 0.1) is 5.92 Å². The van der Waals surface area contributed by atoms with Gasteiger partial charge < -0.3 is 20.5 Å². The first-order chi connectivity index (χ1) is 16.5. The van der Waals surface area contributed by atoms with Gasteiger partial charge in [0.15, 0.2) is 0 Å². The third kappa shape index (κ3) is 4.56. The van der Waals surface area contributed by atoms with Crippen LogP contribution in [0.4, 0.5) is 18.0 Å². The van der Waals surface area contributed by atoms with E-state index in [1.807, 2.05) is 48.5 Å². The van der Waals surface area contributed by atoms with Crippen molar-refractivity contribution in [2.24, 2.45) is 5.92 Å². The fourth-order valence-electron chi connectivity index (χ4n) is 4.82. The molecule has 35 heavy (non-hydrogen) atoms. The summed E-state index contributed by atoms with van der Waals surface area (Å²) in [4.78, 5) is 36.4. The smallest absolute Gasteiger partial charge is 0.422 e. The molecule has 2 aromatic carbocycles. The molecule has 0 spiro atoms. The van der Waals surface area contributed by atoms with Crippen molar-refractivity contribution in [2.75, 3.05) is 6.61 Å². The fourth-order valence-corrected chi connectivity index (χ4v) is 4.82. The van der Waals surface area contributed by atoms with Crippen molar-refractivity contribution in [2.45, 2.75) is 49.9 Å². The maximum absolute atomic E-state index is 13.3. The van der Waals surface area contributed by atoms with E-state index >= 15 is 0 Å². The van der Waals surface area contributed by atoms with Crippen LogP contribution in [-0.2, 0) is 14.3 Å². The largest absolute Gasteiger partial charge is 0.479 e. The van der Waals surface area contributed by atoms with Crippen LogP contribution < -0.4 is 10.6 Å². The Hall–Kier alpha value is -3.56. The van der Waals surface area contributed by atoms with Crippen LogP contribution in [0.3, 0.4) is 0 Å². The molecule has 3 atom stereocenters. The predicted octanol–water partition coefficient (Wildman–Crippen LogP) is 4.22. The summed E-state index contributed by atoms with van der Waals surface area (Å²) in [7, 11) is 0. The summed E-state index contributed by atoms with van der Waals surface area (Å²) < 4.78 is 45.3. The van der Waals surface area contributed by atoms with Gasteiger partial charge in [-0.2, -0.15) is 13.2 Å². The van der Waals surface area contributed by atoms with E-state index in [-0.39, 0.29) is 18.9 Å². The van der Waals surface area contributed by atoms with Crippen LogP contribution in [0, 0.1) is 5.92 Å². The van der Waals surface area contributed by atoms with E-state index in [2.05, 4.69) is 5.32 Å². The summed E-state index contributed by atoms with van der Waals surface area (Å²) in [5.74, 6) is -4.46. The second kappa shape index (κ2) is 9.24. The minimum atomic E-state index is -5.19. The average Bonchev–Trinajstić information content (AvgIpc) is 3.39. The highest BCUT2D eigenvalue weighted by Gasteiger charge is 2.59. The van der Waals surface area contributed by atoms with Crippen molar-refractivity contribution in [1.82, 2.24) is 10.6 Å². The zero-order valence-corrected chi connectivity index (χ0v) is 18.9. The Bertz CT molecular complexity index is 1110. The molecule has 0 aliphatic heterocycles. The summed E-state index contributed by atoms with van der Waals surface area (Å²) >= 11 is 0. The van der Waals surface area contributed by atoms with Gasteiger partial charge in [0.1, 0.15) is 6.61 Å². The molecule has 1 fully saturated rings. The van der Waals surface area contributed by atoms with Gasteiger partial charge in [-0.3, -0.25) is 4.79 Å². The number of fused-ring (bicyclic) bond motifs is 3. The second-order valence-corrected chi connectivity index (χ2v) is 9.03. The number of carboxylic acids is 1. The number of carbonyl (C=O) groups is 3. The van der Waals surface area contributed by atoms with Gasteiger partial charge in [0.25, 0.3) is 0 Å². The third-order valence-electron chi connectivity index (χ3n) is 6.87. The summed E-state index contributed by atoms with van der Waals surface area (Å²) in [6.45, 7) is 0.449. The van der Waals surface area contributed by atoms with E-state index in [0.29, 0.717) is 19.8 Å². The number of hydrogen-bond donors (Lipinski definition) is 3. The average molecular weight is 490 g/mol. The molecule has 1 saturated carbocycles.